The van der Waals surface area contributed by atoms with E-state index < -0.39 is 36.4 Å². The van der Waals surface area contributed by atoms with Gasteiger partial charge in [0.1, 0.15) is 24.1 Å². The van der Waals surface area contributed by atoms with Crippen LogP contribution in [0, 0.1) is 11.2 Å². The molecular weight excluding hydrogens is 659 g/mol. The van der Waals surface area contributed by atoms with Crippen LogP contribution in [-0.2, 0) is 20.9 Å². The molecule has 4 rings (SSSR count). The Balaban J connectivity index is 1.05. The highest BCUT2D eigenvalue weighted by molar-refractivity contribution is 6.06. The monoisotopic (exact) mass is 714 g/mol. The molecule has 0 saturated carbocycles. The number of aliphatic hydroxyl groups excluding tert-OH is 5. The smallest absolute Gasteiger partial charge is 0.236 e. The lowest BCUT2D eigenvalue weighted by Gasteiger charge is -2.58. The summed E-state index contributed by atoms with van der Waals surface area (Å²) < 4.78 is 13.7. The average Bonchev–Trinajstić information content (AvgIpc) is 3.15. The first kappa shape index (κ1) is 40.3. The summed E-state index contributed by atoms with van der Waals surface area (Å²) in [5.74, 6) is -0.473. The Morgan fingerprint density at radius 1 is 0.784 bits per heavy atom. The molecule has 51 heavy (non-hydrogen) atoms. The number of unbranched alkanes of at least 4 members (excludes halogenated alkanes) is 7. The largest absolute Gasteiger partial charge is 0.394 e. The van der Waals surface area contributed by atoms with Crippen molar-refractivity contribution in [3.63, 3.8) is 0 Å². The van der Waals surface area contributed by atoms with Gasteiger partial charge in [0.05, 0.1) is 24.2 Å². The average molecular weight is 715 g/mol. The molecule has 1 unspecified atom stereocenters. The van der Waals surface area contributed by atoms with E-state index in [0.717, 1.165) is 87.7 Å². The predicted molar refractivity (Wildman–Crippen MR) is 190 cm³/mol. The molecule has 3 amide bonds. The number of hydrogen-bond donors (Lipinski definition) is 8. The minimum atomic E-state index is -1.72. The van der Waals surface area contributed by atoms with E-state index in [2.05, 4.69) is 16.0 Å². The molecule has 2 aromatic carbocycles. The van der Waals surface area contributed by atoms with E-state index in [4.69, 9.17) is 5.11 Å². The van der Waals surface area contributed by atoms with Crippen molar-refractivity contribution in [3.8, 4) is 0 Å². The second kappa shape index (κ2) is 20.0. The second-order valence-electron chi connectivity index (χ2n) is 13.9. The lowest BCUT2D eigenvalue weighted by molar-refractivity contribution is -0.142. The number of carbonyl (C=O) groups is 3. The number of benzene rings is 2. The van der Waals surface area contributed by atoms with Gasteiger partial charge in [0.25, 0.3) is 0 Å². The van der Waals surface area contributed by atoms with Crippen LogP contribution in [0.1, 0.15) is 94.2 Å². The number of hydrogen-bond acceptors (Lipinski definition) is 9. The van der Waals surface area contributed by atoms with E-state index in [0.29, 0.717) is 19.4 Å². The maximum absolute atomic E-state index is 13.7. The fraction of sp³-hybridized carbons (Fsp3) is 0.605. The summed E-state index contributed by atoms with van der Waals surface area (Å²) >= 11 is 0. The molecule has 2 fully saturated rings. The first-order chi connectivity index (χ1) is 24.6. The topological polar surface area (TPSA) is 192 Å². The van der Waals surface area contributed by atoms with Crippen molar-refractivity contribution < 1.29 is 44.3 Å². The third-order valence-electron chi connectivity index (χ3n) is 10.2. The van der Waals surface area contributed by atoms with Crippen molar-refractivity contribution >= 4 is 23.4 Å². The number of anilines is 1. The van der Waals surface area contributed by atoms with Gasteiger partial charge in [-0.3, -0.25) is 14.4 Å². The molecule has 1 spiro atoms. The van der Waals surface area contributed by atoms with Gasteiger partial charge in [0.15, 0.2) is 0 Å². The van der Waals surface area contributed by atoms with Crippen LogP contribution >= 0.6 is 0 Å². The quantitative estimate of drug-likeness (QED) is 0.0709. The fourth-order valence-electron chi connectivity index (χ4n) is 7.08. The van der Waals surface area contributed by atoms with E-state index in [1.54, 1.807) is 12.1 Å². The van der Waals surface area contributed by atoms with E-state index in [9.17, 15) is 39.2 Å². The summed E-state index contributed by atoms with van der Waals surface area (Å²) in [6.07, 6.45) is 3.16. The molecule has 2 aliphatic heterocycles. The van der Waals surface area contributed by atoms with Gasteiger partial charge in [-0.2, -0.15) is 0 Å². The maximum Gasteiger partial charge on any atom is 0.236 e. The summed E-state index contributed by atoms with van der Waals surface area (Å²) in [4.78, 5) is 39.8. The number of nitrogens with zero attached hydrogens (tertiary/aromatic N) is 1. The standard InChI is InChI=1S/C38H55FN4O8/c39-28-15-13-27(14-16-28)36-38(19-21-40-22-20-38)37(51)43(36)29-17-11-26(12-18-29)23-41-32(47)9-7-5-3-1-2-4-6-8-10-33(48)42-24-30(45)34(49)35(50)31(46)25-44/h11-18,30-31,34-36,40,44-46,49-50H,1-10,19-25H2,(H,41,47)(H,42,48)/t30-,31+,34+,35+,36?/m1/s1. The minimum Gasteiger partial charge on any atom is -0.394 e. The molecule has 0 aliphatic carbocycles. The molecule has 0 radical (unpaired) electrons. The van der Waals surface area contributed by atoms with E-state index in [1.165, 1.54) is 12.1 Å². The molecule has 0 aromatic heterocycles. The number of carbonyl (C=O) groups excluding carboxylic acids is 3. The molecule has 2 aromatic rings. The first-order valence-corrected chi connectivity index (χ1v) is 18.3. The first-order valence-electron chi connectivity index (χ1n) is 18.3. The van der Waals surface area contributed by atoms with Crippen molar-refractivity contribution in [3.05, 3.63) is 65.5 Å². The number of amides is 3. The van der Waals surface area contributed by atoms with Crippen LogP contribution in [0.25, 0.3) is 0 Å². The van der Waals surface area contributed by atoms with Crippen LogP contribution in [0.15, 0.2) is 48.5 Å². The molecule has 13 heteroatoms. The third kappa shape index (κ3) is 11.0. The van der Waals surface area contributed by atoms with Crippen molar-refractivity contribution in [2.24, 2.45) is 5.41 Å². The predicted octanol–water partition coefficient (Wildman–Crippen LogP) is 2.35. The van der Waals surface area contributed by atoms with E-state index in [-0.39, 0.29) is 42.5 Å². The lowest BCUT2D eigenvalue weighted by Crippen LogP contribution is -2.66. The lowest BCUT2D eigenvalue weighted by atomic mass is 9.62. The Kier molecular flexibility index (Phi) is 15.8. The number of aliphatic hydroxyl groups is 5. The van der Waals surface area contributed by atoms with Crippen LogP contribution in [0.3, 0.4) is 0 Å². The summed E-state index contributed by atoms with van der Waals surface area (Å²) in [7, 11) is 0. The Labute approximate surface area is 299 Å². The summed E-state index contributed by atoms with van der Waals surface area (Å²) in [5.41, 5.74) is 2.20. The van der Waals surface area contributed by atoms with Crippen LogP contribution in [0.5, 0.6) is 0 Å². The molecule has 282 valence electrons. The van der Waals surface area contributed by atoms with Gasteiger partial charge in [-0.1, -0.05) is 62.8 Å². The Morgan fingerprint density at radius 3 is 1.88 bits per heavy atom. The summed E-state index contributed by atoms with van der Waals surface area (Å²) in [6.45, 7) is 0.922. The van der Waals surface area contributed by atoms with E-state index >= 15 is 0 Å². The number of rotatable bonds is 21. The van der Waals surface area contributed by atoms with Crippen LogP contribution in [0.4, 0.5) is 10.1 Å². The summed E-state index contributed by atoms with van der Waals surface area (Å²) in [6, 6.07) is 14.0. The van der Waals surface area contributed by atoms with Gasteiger partial charge in [-0.15, -0.1) is 0 Å². The number of β-lactam (4-membered cyclic amide) rings is 1. The Morgan fingerprint density at radius 2 is 1.31 bits per heavy atom. The summed E-state index contributed by atoms with van der Waals surface area (Å²) in [5, 5.41) is 56.3. The Bertz CT molecular complexity index is 1390. The Hall–Kier alpha value is -3.46. The highest BCUT2D eigenvalue weighted by Crippen LogP contribution is 2.56. The number of halogens is 1. The molecule has 2 aliphatic rings. The molecule has 0 bridgehead atoms. The van der Waals surface area contributed by atoms with Gasteiger partial charge in [0.2, 0.25) is 17.7 Å². The molecule has 2 saturated heterocycles. The van der Waals surface area contributed by atoms with Gasteiger partial charge in [-0.05, 0) is 74.2 Å². The van der Waals surface area contributed by atoms with Crippen molar-refractivity contribution in [1.82, 2.24) is 16.0 Å². The van der Waals surface area contributed by atoms with Gasteiger partial charge in [-0.25, -0.2) is 4.39 Å². The zero-order valence-corrected chi connectivity index (χ0v) is 29.3. The van der Waals surface area contributed by atoms with E-state index in [1.807, 2.05) is 29.2 Å². The molecule has 2 heterocycles. The zero-order valence-electron chi connectivity index (χ0n) is 29.3. The van der Waals surface area contributed by atoms with Crippen molar-refractivity contribution in [2.75, 3.05) is 31.1 Å². The van der Waals surface area contributed by atoms with Crippen molar-refractivity contribution in [2.45, 2.75) is 114 Å². The third-order valence-corrected chi connectivity index (χ3v) is 10.2. The van der Waals surface area contributed by atoms with Crippen molar-refractivity contribution in [1.29, 1.82) is 0 Å². The normalized spacial score (nSPS) is 19.2. The molecule has 5 atom stereocenters. The highest BCUT2D eigenvalue weighted by atomic mass is 19.1. The fourth-order valence-corrected chi connectivity index (χ4v) is 7.08. The van der Waals surface area contributed by atoms with Gasteiger partial charge in [0, 0.05) is 31.6 Å². The minimum absolute atomic E-state index is 0.000421. The molecule has 12 nitrogen and oxygen atoms in total. The molecular formula is C38H55FN4O8. The highest BCUT2D eigenvalue weighted by Gasteiger charge is 2.61. The molecule has 8 N–H and O–H groups in total. The maximum atomic E-state index is 13.7. The van der Waals surface area contributed by atoms with Crippen LogP contribution in [0.2, 0.25) is 0 Å². The number of piperidine rings is 1. The number of nitrogens with one attached hydrogen (secondary N) is 3. The second-order valence-corrected chi connectivity index (χ2v) is 13.9. The van der Waals surface area contributed by atoms with Crippen LogP contribution < -0.4 is 20.9 Å². The van der Waals surface area contributed by atoms with Gasteiger partial charge >= 0.3 is 0 Å². The van der Waals surface area contributed by atoms with Crippen LogP contribution in [-0.4, -0.2) is 93.9 Å². The van der Waals surface area contributed by atoms with Gasteiger partial charge < -0.3 is 46.4 Å². The SMILES string of the molecule is O=C(CCCCCCCCCCC(=O)NC[C@@H](O)[C@H](O)[C@@H](O)[C@@H](O)CO)NCc1ccc(N2C(=O)C3(CCNCC3)C2c2ccc(F)cc2)cc1. The zero-order chi connectivity index (χ0) is 36.8.